The van der Waals surface area contributed by atoms with Crippen LogP contribution in [0.5, 0.6) is 0 Å². The van der Waals surface area contributed by atoms with Crippen molar-refractivity contribution in [3.05, 3.63) is 0 Å². The van der Waals surface area contributed by atoms with Crippen molar-refractivity contribution in [2.24, 2.45) is 23.5 Å². The van der Waals surface area contributed by atoms with Gasteiger partial charge in [0.15, 0.2) is 0 Å². The van der Waals surface area contributed by atoms with Crippen LogP contribution in [0.1, 0.15) is 12.8 Å². The summed E-state index contributed by atoms with van der Waals surface area (Å²) in [5, 5.41) is 8.77. The molecule has 3 N–H and O–H groups in total. The maximum absolute atomic E-state index is 8.77. The van der Waals surface area contributed by atoms with E-state index in [2.05, 4.69) is 0 Å². The highest BCUT2D eigenvalue weighted by Crippen LogP contribution is 2.56. The number of aliphatic hydroxyl groups excluding tert-OH is 1. The molecule has 2 heteroatoms. The number of nitrogens with two attached hydrogens (primary N) is 1. The van der Waals surface area contributed by atoms with E-state index in [1.165, 1.54) is 12.8 Å². The summed E-state index contributed by atoms with van der Waals surface area (Å²) in [7, 11) is 0. The van der Waals surface area contributed by atoms with Crippen molar-refractivity contribution in [3.63, 3.8) is 0 Å². The number of hydrogen-bond acceptors (Lipinski definition) is 2. The first-order valence-corrected chi connectivity index (χ1v) is 3.71. The Labute approximate surface area is 55.1 Å². The zero-order chi connectivity index (χ0) is 6.43. The number of rotatable bonds is 1. The predicted molar refractivity (Wildman–Crippen MR) is 34.8 cm³/mol. The summed E-state index contributed by atoms with van der Waals surface area (Å²) in [6.45, 7) is 0.364. The van der Waals surface area contributed by atoms with Gasteiger partial charge in [0.2, 0.25) is 0 Å². The quantitative estimate of drug-likeness (QED) is 0.519. The third-order valence-electron chi connectivity index (χ3n) is 2.94. The van der Waals surface area contributed by atoms with Crippen molar-refractivity contribution in [3.8, 4) is 0 Å². The lowest BCUT2D eigenvalue weighted by Crippen LogP contribution is -2.21. The van der Waals surface area contributed by atoms with Gasteiger partial charge in [0.25, 0.3) is 0 Å². The second-order valence-electron chi connectivity index (χ2n) is 3.33. The highest BCUT2D eigenvalue weighted by atomic mass is 16.3. The Morgan fingerprint density at radius 2 is 2.22 bits per heavy atom. The zero-order valence-electron chi connectivity index (χ0n) is 5.46. The van der Waals surface area contributed by atoms with Crippen molar-refractivity contribution >= 4 is 0 Å². The molecule has 0 radical (unpaired) electrons. The second kappa shape index (κ2) is 1.70. The van der Waals surface area contributed by atoms with Gasteiger partial charge in [-0.1, -0.05) is 0 Å². The van der Waals surface area contributed by atoms with Crippen LogP contribution in [-0.4, -0.2) is 17.8 Å². The molecule has 0 bridgehead atoms. The fourth-order valence-corrected chi connectivity index (χ4v) is 2.35. The minimum absolute atomic E-state index is 0.364. The molecule has 0 saturated heterocycles. The summed E-state index contributed by atoms with van der Waals surface area (Å²) in [4.78, 5) is 0. The molecule has 0 aromatic heterocycles. The Morgan fingerprint density at radius 3 is 2.56 bits per heavy atom. The van der Waals surface area contributed by atoms with Crippen molar-refractivity contribution in [1.82, 2.24) is 0 Å². The number of aliphatic hydroxyl groups is 1. The van der Waals surface area contributed by atoms with E-state index in [0.717, 1.165) is 5.92 Å². The molecular formula is C7H13NO. The molecular weight excluding hydrogens is 114 g/mol. The molecule has 52 valence electrons. The van der Waals surface area contributed by atoms with Gasteiger partial charge in [0.05, 0.1) is 0 Å². The average Bonchev–Trinajstić information content (AvgIpc) is 2.46. The molecule has 0 spiro atoms. The van der Waals surface area contributed by atoms with Gasteiger partial charge in [0.1, 0.15) is 0 Å². The third-order valence-corrected chi connectivity index (χ3v) is 2.94. The summed E-state index contributed by atoms with van der Waals surface area (Å²) in [6.07, 6.45) is 2.45. The first kappa shape index (κ1) is 5.69. The van der Waals surface area contributed by atoms with Crippen molar-refractivity contribution in [1.29, 1.82) is 0 Å². The van der Waals surface area contributed by atoms with E-state index in [1.807, 2.05) is 0 Å². The van der Waals surface area contributed by atoms with Gasteiger partial charge in [-0.15, -0.1) is 0 Å². The normalized spacial score (nSPS) is 55.3. The third kappa shape index (κ3) is 0.634. The topological polar surface area (TPSA) is 46.2 Å². The lowest BCUT2D eigenvalue weighted by Gasteiger charge is -2.04. The first-order chi connectivity index (χ1) is 4.34. The van der Waals surface area contributed by atoms with Gasteiger partial charge in [-0.2, -0.15) is 0 Å². The van der Waals surface area contributed by atoms with Gasteiger partial charge in [0, 0.05) is 12.6 Å². The summed E-state index contributed by atoms with van der Waals surface area (Å²) < 4.78 is 0. The Morgan fingerprint density at radius 1 is 1.44 bits per heavy atom. The molecule has 0 heterocycles. The van der Waals surface area contributed by atoms with E-state index >= 15 is 0 Å². The maximum Gasteiger partial charge on any atom is 0.0465 e. The van der Waals surface area contributed by atoms with Gasteiger partial charge in [-0.05, 0) is 30.6 Å². The number of hydrogen-bond donors (Lipinski definition) is 2. The van der Waals surface area contributed by atoms with Crippen LogP contribution in [0.25, 0.3) is 0 Å². The van der Waals surface area contributed by atoms with Crippen LogP contribution in [0.15, 0.2) is 0 Å². The van der Waals surface area contributed by atoms with Gasteiger partial charge in [-0.25, -0.2) is 0 Å². The molecule has 0 aromatic rings. The Kier molecular flexibility index (Phi) is 1.08. The molecule has 4 unspecified atom stereocenters. The fraction of sp³-hybridized carbons (Fsp3) is 1.00. The van der Waals surface area contributed by atoms with Gasteiger partial charge >= 0.3 is 0 Å². The van der Waals surface area contributed by atoms with E-state index in [9.17, 15) is 0 Å². The van der Waals surface area contributed by atoms with Crippen molar-refractivity contribution in [2.75, 3.05) is 6.61 Å². The van der Waals surface area contributed by atoms with Crippen LogP contribution in [-0.2, 0) is 0 Å². The van der Waals surface area contributed by atoms with Gasteiger partial charge in [-0.3, -0.25) is 0 Å². The minimum atomic E-state index is 0.364. The van der Waals surface area contributed by atoms with E-state index in [0.29, 0.717) is 24.5 Å². The molecule has 0 amide bonds. The standard InChI is InChI=1S/C7H13NO/c8-6-2-1-4-5(3-9)7(4)6/h4-7,9H,1-3,8H2. The largest absolute Gasteiger partial charge is 0.396 e. The average molecular weight is 127 g/mol. The molecule has 2 nitrogen and oxygen atoms in total. The highest BCUT2D eigenvalue weighted by molar-refractivity contribution is 5.06. The Bertz CT molecular complexity index is 122. The highest BCUT2D eigenvalue weighted by Gasteiger charge is 2.55. The molecule has 2 rings (SSSR count). The molecule has 2 fully saturated rings. The van der Waals surface area contributed by atoms with Crippen LogP contribution < -0.4 is 5.73 Å². The zero-order valence-corrected chi connectivity index (χ0v) is 5.46. The smallest absolute Gasteiger partial charge is 0.0465 e. The maximum atomic E-state index is 8.77. The first-order valence-electron chi connectivity index (χ1n) is 3.71. The summed E-state index contributed by atoms with van der Waals surface area (Å²) >= 11 is 0. The molecule has 2 aliphatic carbocycles. The lowest BCUT2D eigenvalue weighted by molar-refractivity contribution is 0.253. The monoisotopic (exact) mass is 127 g/mol. The SMILES string of the molecule is NC1CCC2C(CO)C12. The van der Waals surface area contributed by atoms with Crippen LogP contribution in [0.2, 0.25) is 0 Å². The molecule has 0 aromatic carbocycles. The van der Waals surface area contributed by atoms with E-state index in [1.54, 1.807) is 0 Å². The fourth-order valence-electron chi connectivity index (χ4n) is 2.35. The van der Waals surface area contributed by atoms with Crippen LogP contribution in [0, 0.1) is 17.8 Å². The van der Waals surface area contributed by atoms with Crippen LogP contribution >= 0.6 is 0 Å². The minimum Gasteiger partial charge on any atom is -0.396 e. The summed E-state index contributed by atoms with van der Waals surface area (Å²) in [5.74, 6) is 2.06. The summed E-state index contributed by atoms with van der Waals surface area (Å²) in [5.41, 5.74) is 5.77. The molecule has 2 aliphatic rings. The van der Waals surface area contributed by atoms with Crippen molar-refractivity contribution in [2.45, 2.75) is 18.9 Å². The Hall–Kier alpha value is -0.0800. The number of fused-ring (bicyclic) bond motifs is 1. The van der Waals surface area contributed by atoms with Crippen LogP contribution in [0.4, 0.5) is 0 Å². The van der Waals surface area contributed by atoms with E-state index in [-0.39, 0.29) is 0 Å². The lowest BCUT2D eigenvalue weighted by atomic mass is 10.1. The van der Waals surface area contributed by atoms with Gasteiger partial charge < -0.3 is 10.8 Å². The molecule has 9 heavy (non-hydrogen) atoms. The molecule has 4 atom stereocenters. The van der Waals surface area contributed by atoms with Crippen LogP contribution in [0.3, 0.4) is 0 Å². The van der Waals surface area contributed by atoms with E-state index in [4.69, 9.17) is 10.8 Å². The summed E-state index contributed by atoms with van der Waals surface area (Å²) in [6, 6.07) is 0.409. The molecule has 0 aliphatic heterocycles. The molecule has 2 saturated carbocycles. The predicted octanol–water partition coefficient (Wildman–Crippen LogP) is -0.0380. The second-order valence-corrected chi connectivity index (χ2v) is 3.33. The van der Waals surface area contributed by atoms with Crippen molar-refractivity contribution < 1.29 is 5.11 Å². The Balaban J connectivity index is 1.98. The van der Waals surface area contributed by atoms with E-state index < -0.39 is 0 Å².